The number of esters is 2. The van der Waals surface area contributed by atoms with Gasteiger partial charge >= 0.3 is 11.9 Å². The van der Waals surface area contributed by atoms with E-state index in [1.807, 2.05) is 0 Å². The van der Waals surface area contributed by atoms with Crippen LogP contribution in [0.1, 0.15) is 25.3 Å². The zero-order valence-corrected chi connectivity index (χ0v) is 14.6. The lowest BCUT2D eigenvalue weighted by molar-refractivity contribution is -0.199. The van der Waals surface area contributed by atoms with Crippen molar-refractivity contribution in [3.63, 3.8) is 0 Å². The minimum absolute atomic E-state index is 0.0203. The Morgan fingerprint density at radius 3 is 2.56 bits per heavy atom. The fourth-order valence-electron chi connectivity index (χ4n) is 2.79. The molecular formula is C18H22O9. The first kappa shape index (κ1) is 20.7. The topological polar surface area (TPSA) is 154 Å². The van der Waals surface area contributed by atoms with E-state index in [1.165, 1.54) is 24.3 Å². The van der Waals surface area contributed by atoms with Crippen molar-refractivity contribution in [3.05, 3.63) is 29.8 Å². The fraction of sp³-hybridized carbons (Fsp3) is 0.444. The van der Waals surface area contributed by atoms with E-state index < -0.39 is 48.7 Å². The predicted octanol–water partition coefficient (Wildman–Crippen LogP) is -0.167. The van der Waals surface area contributed by atoms with E-state index in [4.69, 9.17) is 9.47 Å². The van der Waals surface area contributed by atoms with Crippen LogP contribution >= 0.6 is 0 Å². The molecule has 9 heteroatoms. The van der Waals surface area contributed by atoms with Crippen molar-refractivity contribution in [2.45, 2.75) is 43.7 Å². The molecule has 2 rings (SSSR count). The number of aliphatic hydroxyl groups is 3. The Bertz CT molecular complexity index is 730. The number of aromatic hydroxyl groups is 2. The molecule has 1 fully saturated rings. The lowest BCUT2D eigenvalue weighted by atomic mass is 9.79. The first-order valence-electron chi connectivity index (χ1n) is 8.32. The molecule has 27 heavy (non-hydrogen) atoms. The van der Waals surface area contributed by atoms with E-state index >= 15 is 0 Å². The zero-order valence-electron chi connectivity index (χ0n) is 14.6. The highest BCUT2D eigenvalue weighted by molar-refractivity contribution is 5.87. The van der Waals surface area contributed by atoms with Crippen LogP contribution in [0.2, 0.25) is 0 Å². The normalized spacial score (nSPS) is 28.1. The molecule has 0 saturated heterocycles. The summed E-state index contributed by atoms with van der Waals surface area (Å²) in [4.78, 5) is 23.9. The smallest absolute Gasteiger partial charge is 0.338 e. The van der Waals surface area contributed by atoms with Gasteiger partial charge in [0.1, 0.15) is 12.2 Å². The van der Waals surface area contributed by atoms with Crippen LogP contribution in [0.5, 0.6) is 11.5 Å². The van der Waals surface area contributed by atoms with Crippen LogP contribution < -0.4 is 0 Å². The van der Waals surface area contributed by atoms with E-state index in [9.17, 15) is 35.1 Å². The second kappa shape index (κ2) is 8.38. The van der Waals surface area contributed by atoms with Gasteiger partial charge in [0.05, 0.1) is 12.7 Å². The van der Waals surface area contributed by atoms with E-state index in [0.29, 0.717) is 5.56 Å². The van der Waals surface area contributed by atoms with Crippen molar-refractivity contribution >= 4 is 18.0 Å². The summed E-state index contributed by atoms with van der Waals surface area (Å²) in [5.41, 5.74) is -1.68. The molecule has 9 nitrogen and oxygen atoms in total. The standard InChI is InChI=1S/C18H22O9/c1-2-26-17(24)18(25)8-13(21)16(23)14(9-18)27-15(22)6-4-10-3-5-11(19)12(20)7-10/h3-7,13-14,16,19-21,23,25H,2,8-9H2,1H3/b6-4+/t13?,14?,16?,18-/m0/s1. The highest BCUT2D eigenvalue weighted by Gasteiger charge is 2.51. The molecule has 1 aliphatic rings. The van der Waals surface area contributed by atoms with Crippen molar-refractivity contribution in [2.75, 3.05) is 6.61 Å². The van der Waals surface area contributed by atoms with Gasteiger partial charge in [0.2, 0.25) is 0 Å². The first-order chi connectivity index (χ1) is 12.7. The summed E-state index contributed by atoms with van der Waals surface area (Å²) in [6, 6.07) is 3.90. The number of benzene rings is 1. The lowest BCUT2D eigenvalue weighted by Crippen LogP contribution is -2.57. The second-order valence-corrected chi connectivity index (χ2v) is 6.28. The third kappa shape index (κ3) is 4.97. The Morgan fingerprint density at radius 1 is 1.22 bits per heavy atom. The van der Waals surface area contributed by atoms with Crippen LogP contribution in [0.3, 0.4) is 0 Å². The molecule has 0 heterocycles. The maximum Gasteiger partial charge on any atom is 0.338 e. The van der Waals surface area contributed by atoms with Crippen LogP contribution in [0.4, 0.5) is 0 Å². The van der Waals surface area contributed by atoms with Gasteiger partial charge in [-0.05, 0) is 30.7 Å². The Labute approximate surface area is 155 Å². The maximum absolute atomic E-state index is 12.0. The summed E-state index contributed by atoms with van der Waals surface area (Å²) >= 11 is 0. The van der Waals surface area contributed by atoms with Crippen molar-refractivity contribution in [1.29, 1.82) is 0 Å². The summed E-state index contributed by atoms with van der Waals surface area (Å²) in [7, 11) is 0. The van der Waals surface area contributed by atoms with E-state index in [0.717, 1.165) is 6.08 Å². The molecule has 0 aromatic heterocycles. The average molecular weight is 382 g/mol. The monoisotopic (exact) mass is 382 g/mol. The third-order valence-electron chi connectivity index (χ3n) is 4.20. The second-order valence-electron chi connectivity index (χ2n) is 6.28. The number of hydrogen-bond acceptors (Lipinski definition) is 9. The van der Waals surface area contributed by atoms with Crippen molar-refractivity contribution < 1.29 is 44.6 Å². The Kier molecular flexibility index (Phi) is 6.42. The quantitative estimate of drug-likeness (QED) is 0.265. The average Bonchev–Trinajstić information content (AvgIpc) is 2.60. The van der Waals surface area contributed by atoms with Gasteiger partial charge in [-0.1, -0.05) is 6.07 Å². The molecule has 1 aliphatic carbocycles. The fourth-order valence-corrected chi connectivity index (χ4v) is 2.79. The molecule has 0 radical (unpaired) electrons. The third-order valence-corrected chi connectivity index (χ3v) is 4.20. The van der Waals surface area contributed by atoms with Crippen LogP contribution in [-0.2, 0) is 19.1 Å². The molecule has 3 unspecified atom stereocenters. The van der Waals surface area contributed by atoms with E-state index in [-0.39, 0.29) is 18.1 Å². The highest BCUT2D eigenvalue weighted by atomic mass is 16.6. The Balaban J connectivity index is 2.06. The van der Waals surface area contributed by atoms with Crippen LogP contribution in [0.25, 0.3) is 6.08 Å². The largest absolute Gasteiger partial charge is 0.504 e. The van der Waals surface area contributed by atoms with E-state index in [2.05, 4.69) is 0 Å². The van der Waals surface area contributed by atoms with Gasteiger partial charge in [0, 0.05) is 18.9 Å². The molecular weight excluding hydrogens is 360 g/mol. The molecule has 5 N–H and O–H groups in total. The van der Waals surface area contributed by atoms with Crippen LogP contribution in [0, 0.1) is 0 Å². The van der Waals surface area contributed by atoms with Gasteiger partial charge < -0.3 is 35.0 Å². The molecule has 0 aliphatic heterocycles. The molecule has 1 aromatic carbocycles. The molecule has 1 saturated carbocycles. The lowest BCUT2D eigenvalue weighted by Gasteiger charge is -2.39. The highest BCUT2D eigenvalue weighted by Crippen LogP contribution is 2.32. The Morgan fingerprint density at radius 2 is 1.93 bits per heavy atom. The number of hydrogen-bond donors (Lipinski definition) is 5. The SMILES string of the molecule is CCOC(=O)[C@]1(O)CC(O)C(O)C(OC(=O)/C=C/c2ccc(O)c(O)c2)C1. The Hall–Kier alpha value is -2.62. The van der Waals surface area contributed by atoms with Crippen molar-refractivity contribution in [1.82, 2.24) is 0 Å². The summed E-state index contributed by atoms with van der Waals surface area (Å²) in [6.07, 6.45) is -2.85. The minimum atomic E-state index is -2.08. The molecule has 4 atom stereocenters. The summed E-state index contributed by atoms with van der Waals surface area (Å²) in [5.74, 6) is -2.54. The summed E-state index contributed by atoms with van der Waals surface area (Å²) in [6.45, 7) is 1.57. The molecule has 1 aromatic rings. The van der Waals surface area contributed by atoms with Crippen molar-refractivity contribution in [2.24, 2.45) is 0 Å². The first-order valence-corrected chi connectivity index (χ1v) is 8.32. The molecule has 0 amide bonds. The maximum atomic E-state index is 12.0. The van der Waals surface area contributed by atoms with Crippen LogP contribution in [0.15, 0.2) is 24.3 Å². The van der Waals surface area contributed by atoms with Crippen LogP contribution in [-0.4, -0.2) is 68.0 Å². The number of phenolic OH excluding ortho intramolecular Hbond substituents is 2. The number of carbonyl (C=O) groups is 2. The van der Waals surface area contributed by atoms with Gasteiger partial charge in [0.25, 0.3) is 0 Å². The summed E-state index contributed by atoms with van der Waals surface area (Å²) < 4.78 is 9.83. The van der Waals surface area contributed by atoms with Gasteiger partial charge in [-0.25, -0.2) is 9.59 Å². The van der Waals surface area contributed by atoms with E-state index in [1.54, 1.807) is 6.92 Å². The minimum Gasteiger partial charge on any atom is -0.504 e. The van der Waals surface area contributed by atoms with Gasteiger partial charge in [-0.2, -0.15) is 0 Å². The molecule has 0 spiro atoms. The summed E-state index contributed by atoms with van der Waals surface area (Å²) in [5, 5.41) is 49.0. The van der Waals surface area contributed by atoms with Gasteiger partial charge in [0.15, 0.2) is 17.1 Å². The molecule has 148 valence electrons. The number of carbonyl (C=O) groups excluding carboxylic acids is 2. The number of phenols is 2. The number of rotatable bonds is 5. The van der Waals surface area contributed by atoms with Gasteiger partial charge in [-0.15, -0.1) is 0 Å². The number of ether oxygens (including phenoxy) is 2. The van der Waals surface area contributed by atoms with Gasteiger partial charge in [-0.3, -0.25) is 0 Å². The number of aliphatic hydroxyl groups excluding tert-OH is 2. The van der Waals surface area contributed by atoms with Crippen molar-refractivity contribution in [3.8, 4) is 11.5 Å². The molecule has 0 bridgehead atoms. The zero-order chi connectivity index (χ0) is 20.2. The predicted molar refractivity (Wildman–Crippen MR) is 91.5 cm³/mol.